The Morgan fingerprint density at radius 2 is 2.08 bits per heavy atom. The molecule has 126 valence electrons. The van der Waals surface area contributed by atoms with Crippen molar-refractivity contribution in [3.63, 3.8) is 0 Å². The van der Waals surface area contributed by atoms with Crippen molar-refractivity contribution < 1.29 is 14.3 Å². The van der Waals surface area contributed by atoms with E-state index >= 15 is 0 Å². The van der Waals surface area contributed by atoms with Crippen molar-refractivity contribution >= 4 is 23.5 Å². The van der Waals surface area contributed by atoms with E-state index in [-0.39, 0.29) is 24.7 Å². The second-order valence-corrected chi connectivity index (χ2v) is 5.52. The highest BCUT2D eigenvalue weighted by atomic mass is 16.5. The highest BCUT2D eigenvalue weighted by molar-refractivity contribution is 5.98. The molecule has 1 aliphatic heterocycles. The Kier molecular flexibility index (Phi) is 4.45. The number of nitrogens with zero attached hydrogens (tertiary/aromatic N) is 4. The number of nitrogens with one attached hydrogen (secondary N) is 1. The fourth-order valence-corrected chi connectivity index (χ4v) is 2.59. The predicted octanol–water partition coefficient (Wildman–Crippen LogP) is 1.27. The van der Waals surface area contributed by atoms with E-state index in [0.717, 1.165) is 5.69 Å². The van der Waals surface area contributed by atoms with E-state index in [9.17, 15) is 9.59 Å². The van der Waals surface area contributed by atoms with Crippen molar-refractivity contribution in [3.05, 3.63) is 30.1 Å². The van der Waals surface area contributed by atoms with Gasteiger partial charge < -0.3 is 9.64 Å². The molecular weight excluding hydrogens is 310 g/mol. The number of rotatable bonds is 4. The highest BCUT2D eigenvalue weighted by Gasteiger charge is 2.23. The van der Waals surface area contributed by atoms with Crippen LogP contribution in [-0.4, -0.2) is 39.7 Å². The molecule has 0 spiro atoms. The Hall–Kier alpha value is -2.90. The number of benzene rings is 1. The lowest BCUT2D eigenvalue weighted by Crippen LogP contribution is -2.38. The number of aryl methyl sites for hydroxylation is 2. The minimum absolute atomic E-state index is 0.0876. The van der Waals surface area contributed by atoms with Crippen molar-refractivity contribution in [2.24, 2.45) is 7.05 Å². The SMILES string of the molecule is Cc1nc(NC(=O)CCC(=O)N2CCOc3ccccc32)n(C)n1. The van der Waals surface area contributed by atoms with E-state index in [1.54, 1.807) is 18.9 Å². The van der Waals surface area contributed by atoms with Crippen LogP contribution in [0.5, 0.6) is 5.75 Å². The lowest BCUT2D eigenvalue weighted by Gasteiger charge is -2.29. The molecule has 0 bridgehead atoms. The first-order valence-electron chi connectivity index (χ1n) is 7.74. The van der Waals surface area contributed by atoms with Crippen LogP contribution in [0.25, 0.3) is 0 Å². The van der Waals surface area contributed by atoms with E-state index < -0.39 is 0 Å². The third kappa shape index (κ3) is 3.37. The van der Waals surface area contributed by atoms with Gasteiger partial charge >= 0.3 is 0 Å². The largest absolute Gasteiger partial charge is 0.490 e. The number of ether oxygens (including phenoxy) is 1. The third-order valence-electron chi connectivity index (χ3n) is 3.72. The zero-order chi connectivity index (χ0) is 17.1. The lowest BCUT2D eigenvalue weighted by molar-refractivity contribution is -0.122. The summed E-state index contributed by atoms with van der Waals surface area (Å²) in [6.07, 6.45) is 0.210. The van der Waals surface area contributed by atoms with Crippen LogP contribution in [0.4, 0.5) is 11.6 Å². The average molecular weight is 329 g/mol. The average Bonchev–Trinajstić information content (AvgIpc) is 2.89. The fourth-order valence-electron chi connectivity index (χ4n) is 2.59. The van der Waals surface area contributed by atoms with Gasteiger partial charge in [0.15, 0.2) is 0 Å². The van der Waals surface area contributed by atoms with Crippen molar-refractivity contribution in [2.75, 3.05) is 23.4 Å². The minimum Gasteiger partial charge on any atom is -0.490 e. The molecule has 2 aromatic rings. The summed E-state index contributed by atoms with van der Waals surface area (Å²) in [5, 5.41) is 6.72. The quantitative estimate of drug-likeness (QED) is 0.912. The topological polar surface area (TPSA) is 89.4 Å². The zero-order valence-corrected chi connectivity index (χ0v) is 13.7. The van der Waals surface area contributed by atoms with E-state index in [0.29, 0.717) is 30.7 Å². The predicted molar refractivity (Wildman–Crippen MR) is 87.9 cm³/mol. The summed E-state index contributed by atoms with van der Waals surface area (Å²) in [7, 11) is 1.70. The standard InChI is InChI=1S/C16H19N5O3/c1-11-17-16(20(2)19-11)18-14(22)7-8-15(23)21-9-10-24-13-6-4-3-5-12(13)21/h3-6H,7-10H2,1-2H3,(H,17,18,19,22). The molecule has 1 aromatic carbocycles. The molecule has 0 radical (unpaired) electrons. The van der Waals surface area contributed by atoms with Crippen LogP contribution in [-0.2, 0) is 16.6 Å². The normalized spacial score (nSPS) is 13.2. The van der Waals surface area contributed by atoms with E-state index in [1.807, 2.05) is 24.3 Å². The van der Waals surface area contributed by atoms with Gasteiger partial charge in [-0.05, 0) is 19.1 Å². The van der Waals surface area contributed by atoms with Crippen molar-refractivity contribution in [1.82, 2.24) is 14.8 Å². The first-order valence-corrected chi connectivity index (χ1v) is 7.74. The van der Waals surface area contributed by atoms with Crippen LogP contribution >= 0.6 is 0 Å². The summed E-state index contributed by atoms with van der Waals surface area (Å²) in [6, 6.07) is 7.40. The number of hydrogen-bond donors (Lipinski definition) is 1. The summed E-state index contributed by atoms with van der Waals surface area (Å²) in [6.45, 7) is 2.68. The van der Waals surface area contributed by atoms with Crippen molar-refractivity contribution in [1.29, 1.82) is 0 Å². The number of carbonyl (C=O) groups excluding carboxylic acids is 2. The molecule has 8 heteroatoms. The summed E-state index contributed by atoms with van der Waals surface area (Å²) in [5.41, 5.74) is 0.748. The molecule has 0 unspecified atom stereocenters. The maximum atomic E-state index is 12.4. The van der Waals surface area contributed by atoms with Gasteiger partial charge in [-0.1, -0.05) is 12.1 Å². The molecule has 1 aliphatic rings. The van der Waals surface area contributed by atoms with Gasteiger partial charge in [-0.15, -0.1) is 0 Å². The van der Waals surface area contributed by atoms with Gasteiger partial charge in [-0.3, -0.25) is 14.9 Å². The Morgan fingerprint density at radius 1 is 1.29 bits per heavy atom. The molecule has 2 heterocycles. The summed E-state index contributed by atoms with van der Waals surface area (Å²) < 4.78 is 7.03. The van der Waals surface area contributed by atoms with Gasteiger partial charge in [0.25, 0.3) is 0 Å². The van der Waals surface area contributed by atoms with Gasteiger partial charge in [0.2, 0.25) is 17.8 Å². The highest BCUT2D eigenvalue weighted by Crippen LogP contribution is 2.31. The van der Waals surface area contributed by atoms with Crippen LogP contribution in [0.1, 0.15) is 18.7 Å². The fraction of sp³-hybridized carbons (Fsp3) is 0.375. The maximum Gasteiger partial charge on any atom is 0.227 e. The third-order valence-corrected chi connectivity index (χ3v) is 3.72. The minimum atomic E-state index is -0.264. The van der Waals surface area contributed by atoms with Gasteiger partial charge in [0.05, 0.1) is 12.2 Å². The van der Waals surface area contributed by atoms with Crippen molar-refractivity contribution in [2.45, 2.75) is 19.8 Å². The molecule has 3 rings (SSSR count). The second kappa shape index (κ2) is 6.69. The summed E-state index contributed by atoms with van der Waals surface area (Å²) in [4.78, 5) is 30.2. The Labute approximate surface area is 139 Å². The summed E-state index contributed by atoms with van der Waals surface area (Å²) >= 11 is 0. The second-order valence-electron chi connectivity index (χ2n) is 5.52. The Bertz CT molecular complexity index is 771. The molecule has 1 aromatic heterocycles. The number of carbonyl (C=O) groups is 2. The number of amides is 2. The molecular formula is C16H19N5O3. The molecule has 0 fully saturated rings. The first kappa shape index (κ1) is 16.0. The van der Waals surface area contributed by atoms with E-state index in [4.69, 9.17) is 4.74 Å². The Morgan fingerprint density at radius 3 is 2.83 bits per heavy atom. The van der Waals surface area contributed by atoms with Crippen LogP contribution in [0.15, 0.2) is 24.3 Å². The molecule has 0 aliphatic carbocycles. The molecule has 8 nitrogen and oxygen atoms in total. The van der Waals surface area contributed by atoms with Crippen LogP contribution in [0.3, 0.4) is 0 Å². The number of aromatic nitrogens is 3. The number of hydrogen-bond acceptors (Lipinski definition) is 5. The number of fused-ring (bicyclic) bond motifs is 1. The van der Waals surface area contributed by atoms with Crippen LogP contribution in [0.2, 0.25) is 0 Å². The van der Waals surface area contributed by atoms with Crippen LogP contribution < -0.4 is 15.0 Å². The van der Waals surface area contributed by atoms with Gasteiger partial charge in [0, 0.05) is 19.9 Å². The lowest BCUT2D eigenvalue weighted by atomic mass is 10.2. The van der Waals surface area contributed by atoms with Gasteiger partial charge in [-0.2, -0.15) is 10.1 Å². The van der Waals surface area contributed by atoms with E-state index in [1.165, 1.54) is 4.68 Å². The summed E-state index contributed by atoms with van der Waals surface area (Å²) in [5.74, 6) is 1.28. The molecule has 24 heavy (non-hydrogen) atoms. The van der Waals surface area contributed by atoms with Crippen LogP contribution in [0, 0.1) is 6.92 Å². The van der Waals surface area contributed by atoms with Crippen molar-refractivity contribution in [3.8, 4) is 5.75 Å². The maximum absolute atomic E-state index is 12.4. The van der Waals surface area contributed by atoms with Gasteiger partial charge in [0.1, 0.15) is 18.2 Å². The Balaban J connectivity index is 1.58. The zero-order valence-electron chi connectivity index (χ0n) is 13.7. The smallest absolute Gasteiger partial charge is 0.227 e. The number of anilines is 2. The molecule has 1 N–H and O–H groups in total. The number of para-hydroxylation sites is 2. The molecule has 2 amide bonds. The molecule has 0 saturated carbocycles. The van der Waals surface area contributed by atoms with E-state index in [2.05, 4.69) is 15.4 Å². The molecule has 0 atom stereocenters. The van der Waals surface area contributed by atoms with Gasteiger partial charge in [-0.25, -0.2) is 4.68 Å². The first-order chi connectivity index (χ1) is 11.5. The monoisotopic (exact) mass is 329 g/mol. The molecule has 0 saturated heterocycles.